The molecule has 0 spiro atoms. The van der Waals surface area contributed by atoms with Crippen LogP contribution in [0.25, 0.3) is 0 Å². The van der Waals surface area contributed by atoms with Gasteiger partial charge in [0.15, 0.2) is 0 Å². The van der Waals surface area contributed by atoms with Crippen molar-refractivity contribution in [1.82, 2.24) is 19.9 Å². The zero-order chi connectivity index (χ0) is 21.4. The van der Waals surface area contributed by atoms with Crippen LogP contribution in [0.15, 0.2) is 24.5 Å². The molecule has 10 heteroatoms. The van der Waals surface area contributed by atoms with E-state index in [1.807, 2.05) is 12.1 Å². The van der Waals surface area contributed by atoms with Gasteiger partial charge in [0.2, 0.25) is 17.8 Å². The Morgan fingerprint density at radius 1 is 0.833 bits per heavy atom. The number of pyridine rings is 1. The third kappa shape index (κ3) is 10.3. The first-order chi connectivity index (χ1) is 14.7. The van der Waals surface area contributed by atoms with Gasteiger partial charge in [-0.15, -0.1) is 0 Å². The molecule has 0 aliphatic heterocycles. The number of nitrogens with two attached hydrogens (primary N) is 1. The molecule has 0 aromatic carbocycles. The van der Waals surface area contributed by atoms with Crippen molar-refractivity contribution >= 4 is 17.8 Å². The summed E-state index contributed by atoms with van der Waals surface area (Å²) in [6.07, 6.45) is 4.56. The number of hydrogen-bond donors (Lipinski definition) is 4. The Hall–Kier alpha value is -2.56. The van der Waals surface area contributed by atoms with Crippen LogP contribution in [0.2, 0.25) is 0 Å². The van der Waals surface area contributed by atoms with Crippen LogP contribution in [0, 0.1) is 5.92 Å². The van der Waals surface area contributed by atoms with E-state index in [1.54, 1.807) is 12.4 Å². The molecular weight excluding hydrogens is 384 g/mol. The molecule has 0 fully saturated rings. The second-order valence-electron chi connectivity index (χ2n) is 7.06. The maximum atomic E-state index is 5.52. The Morgan fingerprint density at radius 2 is 1.43 bits per heavy atom. The third-order valence-electron chi connectivity index (χ3n) is 4.00. The lowest BCUT2D eigenvalue weighted by atomic mass is 10.1. The SMILES string of the molecule is CC(C)CCNc1nc(NCCOCCOCCN)nc(NCc2ccncc2)n1. The van der Waals surface area contributed by atoms with Crippen molar-refractivity contribution in [3.63, 3.8) is 0 Å². The molecule has 0 amide bonds. The molecule has 0 saturated heterocycles. The van der Waals surface area contributed by atoms with E-state index in [-0.39, 0.29) is 0 Å². The van der Waals surface area contributed by atoms with Crippen molar-refractivity contribution < 1.29 is 9.47 Å². The summed E-state index contributed by atoms with van der Waals surface area (Å²) in [7, 11) is 0. The van der Waals surface area contributed by atoms with Crippen LogP contribution in [-0.4, -0.2) is 66.0 Å². The summed E-state index contributed by atoms with van der Waals surface area (Å²) in [4.78, 5) is 17.4. The van der Waals surface area contributed by atoms with Gasteiger partial charge in [-0.25, -0.2) is 0 Å². The quantitative estimate of drug-likeness (QED) is 0.299. The number of nitrogens with one attached hydrogen (secondary N) is 3. The minimum atomic E-state index is 0.497. The third-order valence-corrected chi connectivity index (χ3v) is 4.00. The van der Waals surface area contributed by atoms with E-state index in [0.29, 0.717) is 69.8 Å². The molecule has 0 aliphatic carbocycles. The van der Waals surface area contributed by atoms with Gasteiger partial charge in [0.25, 0.3) is 0 Å². The summed E-state index contributed by atoms with van der Waals surface area (Å²) in [5.74, 6) is 2.15. The first kappa shape index (κ1) is 23.7. The molecule has 10 nitrogen and oxygen atoms in total. The van der Waals surface area contributed by atoms with Crippen LogP contribution in [0.5, 0.6) is 0 Å². The van der Waals surface area contributed by atoms with Crippen LogP contribution in [0.4, 0.5) is 17.8 Å². The maximum Gasteiger partial charge on any atom is 0.229 e. The van der Waals surface area contributed by atoms with Crippen molar-refractivity contribution in [2.24, 2.45) is 11.7 Å². The Labute approximate surface area is 178 Å². The molecule has 30 heavy (non-hydrogen) atoms. The summed E-state index contributed by atoms with van der Waals surface area (Å²) in [5, 5.41) is 9.71. The van der Waals surface area contributed by atoms with E-state index in [9.17, 15) is 0 Å². The minimum Gasteiger partial charge on any atom is -0.378 e. The van der Waals surface area contributed by atoms with E-state index >= 15 is 0 Å². The fourth-order valence-corrected chi connectivity index (χ4v) is 2.41. The molecule has 2 aromatic rings. The Kier molecular flexibility index (Phi) is 11.4. The molecule has 2 heterocycles. The average Bonchev–Trinajstić information content (AvgIpc) is 2.74. The standard InChI is InChI=1S/C20H34N8O2/c1-16(2)3-9-23-18-26-19(24-10-12-30-14-13-29-11-6-21)28-20(27-18)25-15-17-4-7-22-8-5-17/h4-5,7-8,16H,3,6,9-15,21H2,1-2H3,(H3,23,24,25,26,27,28). The minimum absolute atomic E-state index is 0.497. The maximum absolute atomic E-state index is 5.52. The normalized spacial score (nSPS) is 10.9. The predicted molar refractivity (Wildman–Crippen MR) is 119 cm³/mol. The van der Waals surface area contributed by atoms with Crippen molar-refractivity contribution in [2.45, 2.75) is 26.8 Å². The molecule has 0 atom stereocenters. The Morgan fingerprint density at radius 3 is 2.07 bits per heavy atom. The molecular formula is C20H34N8O2. The Bertz CT molecular complexity index is 702. The van der Waals surface area contributed by atoms with Crippen LogP contribution >= 0.6 is 0 Å². The number of ether oxygens (including phenoxy) is 2. The molecule has 5 N–H and O–H groups in total. The highest BCUT2D eigenvalue weighted by Gasteiger charge is 2.07. The molecule has 0 unspecified atom stereocenters. The molecule has 2 rings (SSSR count). The van der Waals surface area contributed by atoms with Gasteiger partial charge in [0, 0.05) is 38.6 Å². The number of aromatic nitrogens is 4. The van der Waals surface area contributed by atoms with Gasteiger partial charge in [0.05, 0.1) is 26.4 Å². The van der Waals surface area contributed by atoms with Crippen LogP contribution in [0.1, 0.15) is 25.8 Å². The van der Waals surface area contributed by atoms with E-state index in [0.717, 1.165) is 18.5 Å². The number of hydrogen-bond acceptors (Lipinski definition) is 10. The summed E-state index contributed by atoms with van der Waals surface area (Å²) >= 11 is 0. The van der Waals surface area contributed by atoms with Gasteiger partial charge in [0.1, 0.15) is 0 Å². The molecule has 0 aliphatic rings. The second kappa shape index (κ2) is 14.4. The fourth-order valence-electron chi connectivity index (χ4n) is 2.41. The molecule has 166 valence electrons. The first-order valence-corrected chi connectivity index (χ1v) is 10.4. The molecule has 0 bridgehead atoms. The van der Waals surface area contributed by atoms with Crippen LogP contribution < -0.4 is 21.7 Å². The van der Waals surface area contributed by atoms with Gasteiger partial charge in [-0.1, -0.05) is 13.8 Å². The summed E-state index contributed by atoms with van der Waals surface area (Å²) in [6.45, 7) is 9.01. The van der Waals surface area contributed by atoms with Crippen molar-refractivity contribution in [1.29, 1.82) is 0 Å². The smallest absolute Gasteiger partial charge is 0.229 e. The van der Waals surface area contributed by atoms with E-state index < -0.39 is 0 Å². The van der Waals surface area contributed by atoms with E-state index in [2.05, 4.69) is 49.7 Å². The first-order valence-electron chi connectivity index (χ1n) is 10.4. The van der Waals surface area contributed by atoms with Gasteiger partial charge in [-0.05, 0) is 30.0 Å². The van der Waals surface area contributed by atoms with Crippen molar-refractivity contribution in [3.05, 3.63) is 30.1 Å². The lowest BCUT2D eigenvalue weighted by Gasteiger charge is -2.12. The van der Waals surface area contributed by atoms with Gasteiger partial charge >= 0.3 is 0 Å². The monoisotopic (exact) mass is 418 g/mol. The number of anilines is 3. The highest BCUT2D eigenvalue weighted by molar-refractivity contribution is 5.42. The Balaban J connectivity index is 1.86. The summed E-state index contributed by atoms with van der Waals surface area (Å²) in [5.41, 5.74) is 6.47. The topological polar surface area (TPSA) is 132 Å². The predicted octanol–water partition coefficient (Wildman–Crippen LogP) is 1.74. The van der Waals surface area contributed by atoms with Gasteiger partial charge < -0.3 is 31.2 Å². The van der Waals surface area contributed by atoms with Crippen LogP contribution in [0.3, 0.4) is 0 Å². The van der Waals surface area contributed by atoms with Crippen LogP contribution in [-0.2, 0) is 16.0 Å². The van der Waals surface area contributed by atoms with Crippen molar-refractivity contribution in [2.75, 3.05) is 62.0 Å². The molecule has 2 aromatic heterocycles. The second-order valence-corrected chi connectivity index (χ2v) is 7.06. The zero-order valence-corrected chi connectivity index (χ0v) is 17.9. The van der Waals surface area contributed by atoms with E-state index in [4.69, 9.17) is 15.2 Å². The van der Waals surface area contributed by atoms with Crippen molar-refractivity contribution in [3.8, 4) is 0 Å². The summed E-state index contributed by atoms with van der Waals surface area (Å²) in [6, 6.07) is 3.90. The average molecular weight is 419 g/mol. The number of rotatable bonds is 16. The lowest BCUT2D eigenvalue weighted by Crippen LogP contribution is -2.17. The summed E-state index contributed by atoms with van der Waals surface area (Å²) < 4.78 is 10.8. The van der Waals surface area contributed by atoms with Gasteiger partial charge in [-0.2, -0.15) is 15.0 Å². The fraction of sp³-hybridized carbons (Fsp3) is 0.600. The largest absolute Gasteiger partial charge is 0.378 e. The highest BCUT2D eigenvalue weighted by Crippen LogP contribution is 2.11. The molecule has 0 radical (unpaired) electrons. The number of nitrogens with zero attached hydrogens (tertiary/aromatic N) is 4. The zero-order valence-electron chi connectivity index (χ0n) is 17.9. The van der Waals surface area contributed by atoms with Gasteiger partial charge in [-0.3, -0.25) is 4.98 Å². The van der Waals surface area contributed by atoms with E-state index in [1.165, 1.54) is 0 Å². The molecule has 0 saturated carbocycles. The highest BCUT2D eigenvalue weighted by atomic mass is 16.5. The lowest BCUT2D eigenvalue weighted by molar-refractivity contribution is 0.0547.